The molecule has 0 spiro atoms. The molecule has 1 saturated heterocycles. The molecular formula is C16H28N2. The zero-order valence-corrected chi connectivity index (χ0v) is 12.3. The second kappa shape index (κ2) is 6.08. The van der Waals surface area contributed by atoms with E-state index >= 15 is 0 Å². The highest BCUT2D eigenvalue weighted by atomic mass is 15.2. The van der Waals surface area contributed by atoms with Crippen molar-refractivity contribution in [3.8, 4) is 11.8 Å². The molecule has 1 saturated carbocycles. The summed E-state index contributed by atoms with van der Waals surface area (Å²) in [5.41, 5.74) is 0.136. The van der Waals surface area contributed by atoms with E-state index in [1.165, 1.54) is 45.2 Å². The van der Waals surface area contributed by atoms with Gasteiger partial charge in [0, 0.05) is 24.0 Å². The zero-order chi connectivity index (χ0) is 13.0. The van der Waals surface area contributed by atoms with E-state index in [9.17, 15) is 0 Å². The lowest BCUT2D eigenvalue weighted by Gasteiger charge is -2.34. The van der Waals surface area contributed by atoms with E-state index in [-0.39, 0.29) is 5.41 Å². The lowest BCUT2D eigenvalue weighted by Crippen LogP contribution is -2.46. The van der Waals surface area contributed by atoms with E-state index in [0.717, 1.165) is 12.6 Å². The van der Waals surface area contributed by atoms with Crippen LogP contribution >= 0.6 is 0 Å². The van der Waals surface area contributed by atoms with Crippen LogP contribution in [0.4, 0.5) is 0 Å². The van der Waals surface area contributed by atoms with Gasteiger partial charge in [0.15, 0.2) is 0 Å². The van der Waals surface area contributed by atoms with Crippen molar-refractivity contribution in [2.24, 2.45) is 5.41 Å². The van der Waals surface area contributed by atoms with Crippen molar-refractivity contribution in [3.63, 3.8) is 0 Å². The topological polar surface area (TPSA) is 15.3 Å². The van der Waals surface area contributed by atoms with Gasteiger partial charge < -0.3 is 5.32 Å². The maximum atomic E-state index is 3.67. The standard InChI is InChI=1S/C16H28N2/c1-16(2,3)10-6-12-18-11-5-4-7-15(18)13-17-14-8-9-14/h14-15,17H,4-5,7-9,11-13H2,1-3H3. The van der Waals surface area contributed by atoms with Gasteiger partial charge in [-0.05, 0) is 53.0 Å². The van der Waals surface area contributed by atoms with Crippen LogP contribution in [-0.4, -0.2) is 36.6 Å². The third kappa shape index (κ3) is 5.00. The Morgan fingerprint density at radius 3 is 2.61 bits per heavy atom. The molecule has 0 aromatic rings. The Morgan fingerprint density at radius 1 is 1.17 bits per heavy atom. The number of nitrogens with zero attached hydrogens (tertiary/aromatic N) is 1. The molecule has 0 bridgehead atoms. The predicted molar refractivity (Wildman–Crippen MR) is 77.5 cm³/mol. The number of piperidine rings is 1. The molecule has 102 valence electrons. The van der Waals surface area contributed by atoms with Crippen LogP contribution in [0, 0.1) is 17.3 Å². The number of rotatable bonds is 4. The molecule has 2 aliphatic rings. The number of likely N-dealkylation sites (tertiary alicyclic amines) is 1. The zero-order valence-electron chi connectivity index (χ0n) is 12.3. The highest BCUT2D eigenvalue weighted by Gasteiger charge is 2.25. The second-order valence-corrected chi connectivity index (χ2v) is 6.85. The monoisotopic (exact) mass is 248 g/mol. The summed E-state index contributed by atoms with van der Waals surface area (Å²) in [5.74, 6) is 6.73. The van der Waals surface area contributed by atoms with Gasteiger partial charge in [-0.3, -0.25) is 4.90 Å². The van der Waals surface area contributed by atoms with Gasteiger partial charge in [0.2, 0.25) is 0 Å². The predicted octanol–water partition coefficient (Wildman–Crippen LogP) is 2.64. The first kappa shape index (κ1) is 13.9. The van der Waals surface area contributed by atoms with Gasteiger partial charge >= 0.3 is 0 Å². The van der Waals surface area contributed by atoms with Crippen LogP contribution in [0.15, 0.2) is 0 Å². The van der Waals surface area contributed by atoms with Gasteiger partial charge in [-0.1, -0.05) is 18.3 Å². The molecule has 2 rings (SSSR count). The van der Waals surface area contributed by atoms with Gasteiger partial charge in [0.05, 0.1) is 6.54 Å². The Bertz CT molecular complexity index is 314. The molecule has 0 aromatic carbocycles. The van der Waals surface area contributed by atoms with E-state index in [0.29, 0.717) is 6.04 Å². The third-order valence-corrected chi connectivity index (χ3v) is 3.71. The maximum absolute atomic E-state index is 3.67. The maximum Gasteiger partial charge on any atom is 0.0604 e. The summed E-state index contributed by atoms with van der Waals surface area (Å²) in [6.07, 6.45) is 6.85. The quantitative estimate of drug-likeness (QED) is 0.770. The number of hydrogen-bond donors (Lipinski definition) is 1. The first-order chi connectivity index (χ1) is 8.54. The first-order valence-corrected chi connectivity index (χ1v) is 7.52. The molecule has 18 heavy (non-hydrogen) atoms. The van der Waals surface area contributed by atoms with Gasteiger partial charge in [-0.25, -0.2) is 0 Å². The van der Waals surface area contributed by atoms with E-state index in [1.54, 1.807) is 0 Å². The highest BCUT2D eigenvalue weighted by molar-refractivity contribution is 5.09. The summed E-state index contributed by atoms with van der Waals surface area (Å²) in [7, 11) is 0. The molecule has 1 heterocycles. The highest BCUT2D eigenvalue weighted by Crippen LogP contribution is 2.21. The summed E-state index contributed by atoms with van der Waals surface area (Å²) in [6, 6.07) is 1.54. The molecule has 1 aliphatic heterocycles. The molecule has 1 unspecified atom stereocenters. The van der Waals surface area contributed by atoms with Crippen molar-refractivity contribution >= 4 is 0 Å². The van der Waals surface area contributed by atoms with Crippen LogP contribution < -0.4 is 5.32 Å². The lowest BCUT2D eigenvalue weighted by atomic mass is 9.98. The van der Waals surface area contributed by atoms with E-state index in [4.69, 9.17) is 0 Å². The average molecular weight is 248 g/mol. The molecule has 0 aromatic heterocycles. The van der Waals surface area contributed by atoms with E-state index in [1.807, 2.05) is 0 Å². The van der Waals surface area contributed by atoms with Crippen molar-refractivity contribution in [1.29, 1.82) is 0 Å². The molecule has 0 amide bonds. The van der Waals surface area contributed by atoms with Crippen LogP contribution in [0.1, 0.15) is 52.9 Å². The number of nitrogens with one attached hydrogen (secondary N) is 1. The Hall–Kier alpha value is -0.520. The van der Waals surface area contributed by atoms with E-state index < -0.39 is 0 Å². The molecule has 2 heteroatoms. The van der Waals surface area contributed by atoms with E-state index in [2.05, 4.69) is 42.8 Å². The molecule has 2 fully saturated rings. The molecule has 1 N–H and O–H groups in total. The second-order valence-electron chi connectivity index (χ2n) is 6.85. The minimum atomic E-state index is 0.136. The molecule has 0 radical (unpaired) electrons. The summed E-state index contributed by atoms with van der Waals surface area (Å²) in [4.78, 5) is 2.58. The SMILES string of the molecule is CC(C)(C)C#CCN1CCCCC1CNC1CC1. The average Bonchev–Trinajstić information content (AvgIpc) is 3.10. The molecular weight excluding hydrogens is 220 g/mol. The largest absolute Gasteiger partial charge is 0.312 e. The Morgan fingerprint density at radius 2 is 1.94 bits per heavy atom. The van der Waals surface area contributed by atoms with Crippen molar-refractivity contribution in [2.75, 3.05) is 19.6 Å². The Balaban J connectivity index is 1.79. The van der Waals surface area contributed by atoms with Gasteiger partial charge in [-0.15, -0.1) is 0 Å². The fourth-order valence-electron chi connectivity index (χ4n) is 2.50. The van der Waals surface area contributed by atoms with Crippen LogP contribution in [0.3, 0.4) is 0 Å². The van der Waals surface area contributed by atoms with Gasteiger partial charge in [0.1, 0.15) is 0 Å². The molecule has 1 aliphatic carbocycles. The molecule has 2 nitrogen and oxygen atoms in total. The van der Waals surface area contributed by atoms with Crippen LogP contribution in [0.25, 0.3) is 0 Å². The van der Waals surface area contributed by atoms with Crippen molar-refractivity contribution in [3.05, 3.63) is 0 Å². The van der Waals surface area contributed by atoms with Crippen LogP contribution in [0.2, 0.25) is 0 Å². The fraction of sp³-hybridized carbons (Fsp3) is 0.875. The lowest BCUT2D eigenvalue weighted by molar-refractivity contribution is 0.164. The smallest absolute Gasteiger partial charge is 0.0604 e. The summed E-state index contributed by atoms with van der Waals surface area (Å²) in [6.45, 7) is 9.90. The minimum Gasteiger partial charge on any atom is -0.312 e. The Kier molecular flexibility index (Phi) is 4.70. The fourth-order valence-corrected chi connectivity index (χ4v) is 2.50. The van der Waals surface area contributed by atoms with Crippen LogP contribution in [-0.2, 0) is 0 Å². The van der Waals surface area contributed by atoms with Gasteiger partial charge in [0.25, 0.3) is 0 Å². The normalized spacial score (nSPS) is 25.6. The minimum absolute atomic E-state index is 0.136. The summed E-state index contributed by atoms with van der Waals surface area (Å²) >= 11 is 0. The first-order valence-electron chi connectivity index (χ1n) is 7.52. The van der Waals surface area contributed by atoms with Gasteiger partial charge in [-0.2, -0.15) is 0 Å². The summed E-state index contributed by atoms with van der Waals surface area (Å²) in [5, 5.41) is 3.67. The van der Waals surface area contributed by atoms with Crippen molar-refractivity contribution in [1.82, 2.24) is 10.2 Å². The molecule has 1 atom stereocenters. The summed E-state index contributed by atoms with van der Waals surface area (Å²) < 4.78 is 0. The van der Waals surface area contributed by atoms with Crippen LogP contribution in [0.5, 0.6) is 0 Å². The van der Waals surface area contributed by atoms with Crippen molar-refractivity contribution < 1.29 is 0 Å². The third-order valence-electron chi connectivity index (χ3n) is 3.71. The Labute approximate surface area is 113 Å². The van der Waals surface area contributed by atoms with Crippen molar-refractivity contribution in [2.45, 2.75) is 65.0 Å². The number of hydrogen-bond acceptors (Lipinski definition) is 2.